The molecule has 88 valence electrons. The maximum Gasteiger partial charge on any atom is 0.0528 e. The number of aliphatic hydroxyl groups is 1. The van der Waals surface area contributed by atoms with E-state index in [1.807, 2.05) is 0 Å². The quantitative estimate of drug-likeness (QED) is 0.901. The first-order valence-corrected chi connectivity index (χ1v) is 6.51. The molecule has 1 aliphatic heterocycles. The Labute approximate surface area is 105 Å². The van der Waals surface area contributed by atoms with Gasteiger partial charge < -0.3 is 10.0 Å². The molecule has 0 aliphatic carbocycles. The maximum atomic E-state index is 9.72. The summed E-state index contributed by atoms with van der Waals surface area (Å²) in [5.74, 6) is 0. The molecule has 0 bridgehead atoms. The number of hydrogen-bond donors (Lipinski definition) is 1. The van der Waals surface area contributed by atoms with E-state index in [-0.39, 0.29) is 12.0 Å². The van der Waals surface area contributed by atoms with Crippen LogP contribution in [0.25, 0.3) is 0 Å². The molecule has 3 heteroatoms. The topological polar surface area (TPSA) is 23.5 Å². The molecule has 16 heavy (non-hydrogen) atoms. The monoisotopic (exact) mass is 283 g/mol. The van der Waals surface area contributed by atoms with Crippen molar-refractivity contribution in [1.29, 1.82) is 0 Å². The van der Waals surface area contributed by atoms with Gasteiger partial charge in [0.1, 0.15) is 0 Å². The van der Waals surface area contributed by atoms with E-state index in [4.69, 9.17) is 0 Å². The highest BCUT2D eigenvalue weighted by Gasteiger charge is 2.34. The standard InChI is InChI=1S/C13H18BrNO/c1-15-8-6-13(10-16,7-9-15)11-2-4-12(14)5-3-11/h2-5,16H,6-10H2,1H3. The molecule has 1 fully saturated rings. The summed E-state index contributed by atoms with van der Waals surface area (Å²) in [5.41, 5.74) is 1.25. The Morgan fingerprint density at radius 3 is 2.31 bits per heavy atom. The highest BCUT2D eigenvalue weighted by molar-refractivity contribution is 9.10. The van der Waals surface area contributed by atoms with Crippen molar-refractivity contribution < 1.29 is 5.11 Å². The van der Waals surface area contributed by atoms with Gasteiger partial charge in [-0.15, -0.1) is 0 Å². The second-order valence-electron chi connectivity index (χ2n) is 4.75. The number of benzene rings is 1. The number of halogens is 1. The van der Waals surface area contributed by atoms with Crippen molar-refractivity contribution in [2.75, 3.05) is 26.7 Å². The molecule has 1 saturated heterocycles. The summed E-state index contributed by atoms with van der Waals surface area (Å²) in [7, 11) is 2.14. The van der Waals surface area contributed by atoms with Gasteiger partial charge >= 0.3 is 0 Å². The zero-order valence-electron chi connectivity index (χ0n) is 9.62. The third kappa shape index (κ3) is 2.31. The third-order valence-electron chi connectivity index (χ3n) is 3.70. The summed E-state index contributed by atoms with van der Waals surface area (Å²) < 4.78 is 1.09. The second-order valence-corrected chi connectivity index (χ2v) is 5.66. The first kappa shape index (κ1) is 12.1. The molecular formula is C13H18BrNO. The Bertz CT molecular complexity index is 341. The normalized spacial score (nSPS) is 20.9. The van der Waals surface area contributed by atoms with Crippen LogP contribution in [0.3, 0.4) is 0 Å². The first-order valence-electron chi connectivity index (χ1n) is 5.72. The predicted octanol–water partition coefficient (Wildman–Crippen LogP) is 2.40. The summed E-state index contributed by atoms with van der Waals surface area (Å²) in [5, 5.41) is 9.72. The number of likely N-dealkylation sites (tertiary alicyclic amines) is 1. The number of nitrogens with zero attached hydrogens (tertiary/aromatic N) is 1. The Kier molecular flexibility index (Phi) is 3.67. The highest BCUT2D eigenvalue weighted by Crippen LogP contribution is 2.35. The fraction of sp³-hybridized carbons (Fsp3) is 0.538. The molecule has 0 unspecified atom stereocenters. The van der Waals surface area contributed by atoms with Gasteiger partial charge in [0.25, 0.3) is 0 Å². The minimum atomic E-state index is -0.0206. The molecule has 1 aromatic carbocycles. The first-order chi connectivity index (χ1) is 7.66. The van der Waals surface area contributed by atoms with Crippen molar-refractivity contribution in [3.05, 3.63) is 34.3 Å². The molecule has 1 aromatic rings. The van der Waals surface area contributed by atoms with Crippen LogP contribution in [0.2, 0.25) is 0 Å². The molecule has 0 atom stereocenters. The van der Waals surface area contributed by atoms with Crippen LogP contribution >= 0.6 is 15.9 Å². The van der Waals surface area contributed by atoms with Crippen molar-refractivity contribution in [2.45, 2.75) is 18.3 Å². The Morgan fingerprint density at radius 2 is 1.81 bits per heavy atom. The van der Waals surface area contributed by atoms with Crippen LogP contribution in [-0.2, 0) is 5.41 Å². The van der Waals surface area contributed by atoms with Crippen molar-refractivity contribution in [1.82, 2.24) is 4.90 Å². The molecule has 2 nitrogen and oxygen atoms in total. The van der Waals surface area contributed by atoms with E-state index in [0.29, 0.717) is 0 Å². The Balaban J connectivity index is 2.24. The van der Waals surface area contributed by atoms with Crippen molar-refractivity contribution in [3.8, 4) is 0 Å². The molecule has 0 radical (unpaired) electrons. The summed E-state index contributed by atoms with van der Waals surface area (Å²) in [4.78, 5) is 2.33. The molecular weight excluding hydrogens is 266 g/mol. The Hall–Kier alpha value is -0.380. The number of piperidine rings is 1. The number of rotatable bonds is 2. The van der Waals surface area contributed by atoms with E-state index in [9.17, 15) is 5.11 Å². The van der Waals surface area contributed by atoms with Gasteiger partial charge in [-0.1, -0.05) is 28.1 Å². The molecule has 1 heterocycles. The van der Waals surface area contributed by atoms with Crippen molar-refractivity contribution in [2.24, 2.45) is 0 Å². The average Bonchev–Trinajstić information content (AvgIpc) is 2.32. The fourth-order valence-electron chi connectivity index (χ4n) is 2.39. The predicted molar refractivity (Wildman–Crippen MR) is 69.6 cm³/mol. The lowest BCUT2D eigenvalue weighted by molar-refractivity contribution is 0.114. The van der Waals surface area contributed by atoms with Gasteiger partial charge in [0.2, 0.25) is 0 Å². The van der Waals surface area contributed by atoms with Gasteiger partial charge in [-0.2, -0.15) is 0 Å². The summed E-state index contributed by atoms with van der Waals surface area (Å²) in [6.45, 7) is 2.38. The lowest BCUT2D eigenvalue weighted by Crippen LogP contribution is -2.43. The number of hydrogen-bond acceptors (Lipinski definition) is 2. The lowest BCUT2D eigenvalue weighted by Gasteiger charge is -2.39. The largest absolute Gasteiger partial charge is 0.395 e. The van der Waals surface area contributed by atoms with Gasteiger partial charge in [-0.25, -0.2) is 0 Å². The van der Waals surface area contributed by atoms with E-state index in [1.165, 1.54) is 5.56 Å². The van der Waals surface area contributed by atoms with Crippen molar-refractivity contribution in [3.63, 3.8) is 0 Å². The van der Waals surface area contributed by atoms with E-state index in [2.05, 4.69) is 52.1 Å². The van der Waals surface area contributed by atoms with E-state index >= 15 is 0 Å². The van der Waals surface area contributed by atoms with Crippen molar-refractivity contribution >= 4 is 15.9 Å². The zero-order valence-corrected chi connectivity index (χ0v) is 11.2. The number of aliphatic hydroxyl groups excluding tert-OH is 1. The van der Waals surface area contributed by atoms with Crippen LogP contribution in [0.5, 0.6) is 0 Å². The van der Waals surface area contributed by atoms with Gasteiger partial charge in [0, 0.05) is 9.89 Å². The highest BCUT2D eigenvalue weighted by atomic mass is 79.9. The van der Waals surface area contributed by atoms with Crippen LogP contribution < -0.4 is 0 Å². The summed E-state index contributed by atoms with van der Waals surface area (Å²) >= 11 is 3.45. The fourth-order valence-corrected chi connectivity index (χ4v) is 2.65. The SMILES string of the molecule is CN1CCC(CO)(c2ccc(Br)cc2)CC1. The molecule has 2 rings (SSSR count). The minimum Gasteiger partial charge on any atom is -0.395 e. The minimum absolute atomic E-state index is 0.0206. The molecule has 1 N–H and O–H groups in total. The lowest BCUT2D eigenvalue weighted by atomic mass is 9.73. The Morgan fingerprint density at radius 1 is 1.25 bits per heavy atom. The molecule has 0 aromatic heterocycles. The molecule has 0 amide bonds. The van der Waals surface area contributed by atoms with Gasteiger partial charge in [0.15, 0.2) is 0 Å². The van der Waals surface area contributed by atoms with Gasteiger partial charge in [-0.05, 0) is 50.7 Å². The average molecular weight is 284 g/mol. The van der Waals surface area contributed by atoms with Gasteiger partial charge in [-0.3, -0.25) is 0 Å². The zero-order chi connectivity index (χ0) is 11.6. The summed E-state index contributed by atoms with van der Waals surface area (Å²) in [6, 6.07) is 8.38. The van der Waals surface area contributed by atoms with Crippen LogP contribution in [0.4, 0.5) is 0 Å². The van der Waals surface area contributed by atoms with Crippen LogP contribution in [0.15, 0.2) is 28.7 Å². The van der Waals surface area contributed by atoms with E-state index < -0.39 is 0 Å². The van der Waals surface area contributed by atoms with Crippen LogP contribution in [0.1, 0.15) is 18.4 Å². The second kappa shape index (κ2) is 4.86. The summed E-state index contributed by atoms with van der Waals surface area (Å²) in [6.07, 6.45) is 2.09. The smallest absolute Gasteiger partial charge is 0.0528 e. The van der Waals surface area contributed by atoms with E-state index in [0.717, 1.165) is 30.4 Å². The maximum absolute atomic E-state index is 9.72. The third-order valence-corrected chi connectivity index (χ3v) is 4.23. The van der Waals surface area contributed by atoms with Crippen LogP contribution in [0, 0.1) is 0 Å². The van der Waals surface area contributed by atoms with Gasteiger partial charge in [0.05, 0.1) is 6.61 Å². The molecule has 0 spiro atoms. The molecule has 1 aliphatic rings. The van der Waals surface area contributed by atoms with E-state index in [1.54, 1.807) is 0 Å². The van der Waals surface area contributed by atoms with Crippen LogP contribution in [-0.4, -0.2) is 36.8 Å². The molecule has 0 saturated carbocycles.